The largest absolute Gasteiger partial charge is 0.349 e. The average Bonchev–Trinajstić information content (AvgIpc) is 2.98. The minimum Gasteiger partial charge on any atom is -0.349 e. The fraction of sp³-hybridized carbons (Fsp3) is 0.375. The number of aromatic nitrogens is 3. The first-order chi connectivity index (χ1) is 10.8. The van der Waals surface area contributed by atoms with Crippen LogP contribution in [-0.2, 0) is 0 Å². The smallest absolute Gasteiger partial charge is 0.272 e. The van der Waals surface area contributed by atoms with Crippen LogP contribution in [0, 0.1) is 0 Å². The van der Waals surface area contributed by atoms with E-state index in [1.165, 1.54) is 12.6 Å². The molecule has 3 heterocycles. The molecule has 22 heavy (non-hydrogen) atoms. The van der Waals surface area contributed by atoms with Gasteiger partial charge in [0.1, 0.15) is 5.69 Å². The molecule has 2 aromatic rings. The lowest BCUT2D eigenvalue weighted by molar-refractivity contribution is 0.0939. The topological polar surface area (TPSA) is 71.0 Å². The molecule has 1 atom stereocenters. The van der Waals surface area contributed by atoms with Gasteiger partial charge in [0, 0.05) is 31.2 Å². The third kappa shape index (κ3) is 3.12. The molecule has 2 aromatic heterocycles. The van der Waals surface area contributed by atoms with Gasteiger partial charge in [0.2, 0.25) is 0 Å². The Morgan fingerprint density at radius 1 is 1.27 bits per heavy atom. The summed E-state index contributed by atoms with van der Waals surface area (Å²) in [5.74, 6) is -0.200. The molecule has 114 valence electrons. The van der Waals surface area contributed by atoms with E-state index in [9.17, 15) is 4.79 Å². The molecule has 1 fully saturated rings. The zero-order chi connectivity index (χ0) is 15.4. The summed E-state index contributed by atoms with van der Waals surface area (Å²) < 4.78 is 0. The molecule has 0 spiro atoms. The quantitative estimate of drug-likeness (QED) is 0.922. The van der Waals surface area contributed by atoms with Gasteiger partial charge in [0.25, 0.3) is 5.91 Å². The Kier molecular flexibility index (Phi) is 4.39. The van der Waals surface area contributed by atoms with Crippen molar-refractivity contribution >= 4 is 5.91 Å². The van der Waals surface area contributed by atoms with Gasteiger partial charge in [-0.1, -0.05) is 6.07 Å². The zero-order valence-corrected chi connectivity index (χ0v) is 12.6. The van der Waals surface area contributed by atoms with E-state index in [1.807, 2.05) is 18.2 Å². The SMILES string of the molecule is CN1CCCC1CNC(=O)c1nccnc1-c1ccccn1. The lowest BCUT2D eigenvalue weighted by Gasteiger charge is -2.19. The highest BCUT2D eigenvalue weighted by atomic mass is 16.1. The van der Waals surface area contributed by atoms with E-state index in [0.29, 0.717) is 29.7 Å². The number of carbonyl (C=O) groups excluding carboxylic acids is 1. The maximum absolute atomic E-state index is 12.4. The van der Waals surface area contributed by atoms with Crippen LogP contribution in [-0.4, -0.2) is 51.9 Å². The Morgan fingerprint density at radius 3 is 2.86 bits per heavy atom. The van der Waals surface area contributed by atoms with E-state index in [2.05, 4.69) is 32.2 Å². The van der Waals surface area contributed by atoms with E-state index in [0.717, 1.165) is 13.0 Å². The van der Waals surface area contributed by atoms with E-state index in [1.54, 1.807) is 12.4 Å². The van der Waals surface area contributed by atoms with Crippen molar-refractivity contribution in [2.24, 2.45) is 0 Å². The molecule has 1 aliphatic heterocycles. The Hall–Kier alpha value is -2.34. The van der Waals surface area contributed by atoms with Crippen LogP contribution >= 0.6 is 0 Å². The monoisotopic (exact) mass is 297 g/mol. The molecular weight excluding hydrogens is 278 g/mol. The highest BCUT2D eigenvalue weighted by Crippen LogP contribution is 2.17. The fourth-order valence-electron chi connectivity index (χ4n) is 2.73. The average molecular weight is 297 g/mol. The van der Waals surface area contributed by atoms with Crippen LogP contribution in [0.2, 0.25) is 0 Å². The third-order valence-corrected chi connectivity index (χ3v) is 3.99. The highest BCUT2D eigenvalue weighted by Gasteiger charge is 2.23. The molecule has 1 amide bonds. The maximum Gasteiger partial charge on any atom is 0.272 e. The maximum atomic E-state index is 12.4. The summed E-state index contributed by atoms with van der Waals surface area (Å²) in [6, 6.07) is 5.92. The predicted molar refractivity (Wildman–Crippen MR) is 83.2 cm³/mol. The fourth-order valence-corrected chi connectivity index (χ4v) is 2.73. The first-order valence-electron chi connectivity index (χ1n) is 7.46. The van der Waals surface area contributed by atoms with Crippen LogP contribution in [0.15, 0.2) is 36.8 Å². The zero-order valence-electron chi connectivity index (χ0n) is 12.6. The predicted octanol–water partition coefficient (Wildman–Crippen LogP) is 1.36. The molecular formula is C16H19N5O. The summed E-state index contributed by atoms with van der Waals surface area (Å²) in [5, 5.41) is 2.97. The third-order valence-electron chi connectivity index (χ3n) is 3.99. The molecule has 6 heteroatoms. The van der Waals surface area contributed by atoms with Crippen LogP contribution in [0.5, 0.6) is 0 Å². The first kappa shape index (κ1) is 14.6. The second-order valence-electron chi connectivity index (χ2n) is 5.46. The standard InChI is InChI=1S/C16H19N5O/c1-21-10-4-5-12(21)11-20-16(22)15-14(18-8-9-19-15)13-6-2-3-7-17-13/h2-3,6-9,12H,4-5,10-11H2,1H3,(H,20,22). The molecule has 0 aromatic carbocycles. The Labute approximate surface area is 129 Å². The number of rotatable bonds is 4. The summed E-state index contributed by atoms with van der Waals surface area (Å²) in [6.45, 7) is 1.72. The van der Waals surface area contributed by atoms with Gasteiger partial charge >= 0.3 is 0 Å². The van der Waals surface area contributed by atoms with Crippen molar-refractivity contribution in [3.05, 3.63) is 42.5 Å². The lowest BCUT2D eigenvalue weighted by atomic mass is 10.2. The van der Waals surface area contributed by atoms with Crippen molar-refractivity contribution in [3.8, 4) is 11.4 Å². The minimum atomic E-state index is -0.200. The number of likely N-dealkylation sites (tertiary alicyclic amines) is 1. The summed E-state index contributed by atoms with van der Waals surface area (Å²) in [4.78, 5) is 27.4. The van der Waals surface area contributed by atoms with Crippen molar-refractivity contribution in [2.45, 2.75) is 18.9 Å². The van der Waals surface area contributed by atoms with Gasteiger partial charge in [0.15, 0.2) is 5.69 Å². The van der Waals surface area contributed by atoms with Crippen LogP contribution in [0.3, 0.4) is 0 Å². The summed E-state index contributed by atoms with van der Waals surface area (Å²) in [6.07, 6.45) is 7.08. The van der Waals surface area contributed by atoms with Gasteiger partial charge in [-0.15, -0.1) is 0 Å². The number of nitrogens with zero attached hydrogens (tertiary/aromatic N) is 4. The second kappa shape index (κ2) is 6.62. The minimum absolute atomic E-state index is 0.200. The molecule has 6 nitrogen and oxygen atoms in total. The number of carbonyl (C=O) groups is 1. The molecule has 0 saturated carbocycles. The van der Waals surface area contributed by atoms with Gasteiger partial charge in [-0.25, -0.2) is 4.98 Å². The second-order valence-corrected chi connectivity index (χ2v) is 5.46. The van der Waals surface area contributed by atoms with E-state index < -0.39 is 0 Å². The Bertz CT molecular complexity index is 646. The van der Waals surface area contributed by atoms with Gasteiger partial charge in [-0.3, -0.25) is 14.8 Å². The van der Waals surface area contributed by atoms with Crippen molar-refractivity contribution in [1.82, 2.24) is 25.2 Å². The van der Waals surface area contributed by atoms with Crippen LogP contribution < -0.4 is 5.32 Å². The van der Waals surface area contributed by atoms with Crippen LogP contribution in [0.4, 0.5) is 0 Å². The molecule has 0 aliphatic carbocycles. The number of hydrogen-bond donors (Lipinski definition) is 1. The van der Waals surface area contributed by atoms with E-state index >= 15 is 0 Å². The highest BCUT2D eigenvalue weighted by molar-refractivity contribution is 5.97. The van der Waals surface area contributed by atoms with Gasteiger partial charge in [0.05, 0.1) is 5.69 Å². The van der Waals surface area contributed by atoms with Crippen molar-refractivity contribution in [3.63, 3.8) is 0 Å². The number of likely N-dealkylation sites (N-methyl/N-ethyl adjacent to an activating group) is 1. The number of hydrogen-bond acceptors (Lipinski definition) is 5. The van der Waals surface area contributed by atoms with Crippen molar-refractivity contribution in [2.75, 3.05) is 20.1 Å². The first-order valence-corrected chi connectivity index (χ1v) is 7.46. The number of amides is 1. The lowest BCUT2D eigenvalue weighted by Crippen LogP contribution is -2.38. The normalized spacial score (nSPS) is 18.3. The molecule has 0 radical (unpaired) electrons. The summed E-state index contributed by atoms with van der Waals surface area (Å²) in [5.41, 5.74) is 1.49. The Morgan fingerprint density at radius 2 is 2.14 bits per heavy atom. The molecule has 1 unspecified atom stereocenters. The van der Waals surface area contributed by atoms with Gasteiger partial charge in [-0.05, 0) is 38.6 Å². The summed E-state index contributed by atoms with van der Waals surface area (Å²) in [7, 11) is 2.09. The molecule has 1 aliphatic rings. The molecule has 1 saturated heterocycles. The van der Waals surface area contributed by atoms with E-state index in [-0.39, 0.29) is 5.91 Å². The van der Waals surface area contributed by atoms with E-state index in [4.69, 9.17) is 0 Å². The Balaban J connectivity index is 1.75. The number of nitrogens with one attached hydrogen (secondary N) is 1. The molecule has 0 bridgehead atoms. The van der Waals surface area contributed by atoms with Crippen molar-refractivity contribution in [1.29, 1.82) is 0 Å². The molecule has 1 N–H and O–H groups in total. The summed E-state index contributed by atoms with van der Waals surface area (Å²) >= 11 is 0. The van der Waals surface area contributed by atoms with Crippen molar-refractivity contribution < 1.29 is 4.79 Å². The van der Waals surface area contributed by atoms with Crippen LogP contribution in [0.1, 0.15) is 23.3 Å². The van der Waals surface area contributed by atoms with Gasteiger partial charge < -0.3 is 10.2 Å². The number of pyridine rings is 1. The van der Waals surface area contributed by atoms with Crippen LogP contribution in [0.25, 0.3) is 11.4 Å². The molecule has 3 rings (SSSR count). The van der Waals surface area contributed by atoms with Gasteiger partial charge in [-0.2, -0.15) is 0 Å².